The molecule has 2 N–H and O–H groups in total. The van der Waals surface area contributed by atoms with Crippen LogP contribution in [0, 0.1) is 5.92 Å². The number of amides is 3. The molecule has 3 amide bonds. The molecule has 0 aromatic heterocycles. The summed E-state index contributed by atoms with van der Waals surface area (Å²) in [7, 11) is 0. The van der Waals surface area contributed by atoms with Gasteiger partial charge in [0.25, 0.3) is 0 Å². The Balaban J connectivity index is 1.25. The van der Waals surface area contributed by atoms with Crippen LogP contribution in [0.25, 0.3) is 0 Å². The lowest BCUT2D eigenvalue weighted by molar-refractivity contribution is -0.133. The highest BCUT2D eigenvalue weighted by atomic mass is 35.5. The van der Waals surface area contributed by atoms with Crippen molar-refractivity contribution in [3.8, 4) is 0 Å². The normalized spacial score (nSPS) is 17.6. The number of hydrogen-bond acceptors (Lipinski definition) is 6. The molecule has 0 saturated carbocycles. The summed E-state index contributed by atoms with van der Waals surface area (Å²) in [5.41, 5.74) is 0.806. The van der Waals surface area contributed by atoms with Crippen molar-refractivity contribution < 1.29 is 19.1 Å². The second-order valence-electron chi connectivity index (χ2n) is 9.12. The van der Waals surface area contributed by atoms with E-state index in [4.69, 9.17) is 27.9 Å². The van der Waals surface area contributed by atoms with Crippen LogP contribution in [0.2, 0.25) is 10.0 Å². The second-order valence-corrected chi connectivity index (χ2v) is 9.94. The van der Waals surface area contributed by atoms with Crippen LogP contribution in [0.3, 0.4) is 0 Å². The number of nitrogens with one attached hydrogen (secondary N) is 2. The fraction of sp³-hybridized carbons (Fsp3) is 0.600. The molecular weight excluding hydrogens is 505 g/mol. The first kappa shape index (κ1) is 28.2. The van der Waals surface area contributed by atoms with Crippen LogP contribution in [-0.4, -0.2) is 67.8 Å². The molecule has 198 valence electrons. The predicted octanol–water partition coefficient (Wildman–Crippen LogP) is 3.58. The van der Waals surface area contributed by atoms with Crippen LogP contribution in [-0.2, 0) is 19.1 Å². The van der Waals surface area contributed by atoms with Gasteiger partial charge in [0, 0.05) is 38.4 Å². The average Bonchev–Trinajstić information content (AvgIpc) is 3.23. The number of rotatable bonds is 11. The third-order valence-corrected chi connectivity index (χ3v) is 6.90. The maximum absolute atomic E-state index is 12.3. The molecule has 1 unspecified atom stereocenters. The van der Waals surface area contributed by atoms with Gasteiger partial charge in [-0.05, 0) is 43.9 Å². The Morgan fingerprint density at radius 1 is 1.03 bits per heavy atom. The number of hydrogen-bond donors (Lipinski definition) is 2. The molecule has 0 bridgehead atoms. The monoisotopic (exact) mass is 539 g/mol. The molecule has 36 heavy (non-hydrogen) atoms. The van der Waals surface area contributed by atoms with Gasteiger partial charge in [0.15, 0.2) is 0 Å². The zero-order valence-corrected chi connectivity index (χ0v) is 22.2. The molecule has 1 saturated heterocycles. The molecular formula is C25H35Cl2N5O4. The minimum absolute atomic E-state index is 0.0539. The van der Waals surface area contributed by atoms with E-state index in [2.05, 4.69) is 15.7 Å². The van der Waals surface area contributed by atoms with Gasteiger partial charge < -0.3 is 20.3 Å². The average molecular weight is 540 g/mol. The van der Waals surface area contributed by atoms with Crippen molar-refractivity contribution in [1.29, 1.82) is 0 Å². The molecule has 0 aliphatic carbocycles. The smallest absolute Gasteiger partial charge is 0.225 e. The highest BCUT2D eigenvalue weighted by molar-refractivity contribution is 6.42. The van der Waals surface area contributed by atoms with E-state index in [0.29, 0.717) is 48.4 Å². The molecule has 2 aliphatic heterocycles. The highest BCUT2D eigenvalue weighted by Gasteiger charge is 2.25. The first-order valence-corrected chi connectivity index (χ1v) is 13.3. The topological polar surface area (TPSA) is 103 Å². The van der Waals surface area contributed by atoms with Gasteiger partial charge in [-0.15, -0.1) is 0 Å². The van der Waals surface area contributed by atoms with Crippen molar-refractivity contribution >= 4 is 52.4 Å². The number of halogens is 2. The maximum atomic E-state index is 12.3. The number of hydrazone groups is 1. The van der Waals surface area contributed by atoms with E-state index in [9.17, 15) is 14.4 Å². The Labute approximate surface area is 222 Å². The summed E-state index contributed by atoms with van der Waals surface area (Å²) in [6, 6.07) is 5.29. The van der Waals surface area contributed by atoms with Gasteiger partial charge in [-0.3, -0.25) is 19.4 Å². The number of benzene rings is 1. The Morgan fingerprint density at radius 3 is 2.53 bits per heavy atom. The van der Waals surface area contributed by atoms with Crippen molar-refractivity contribution in [3.05, 3.63) is 28.2 Å². The minimum atomic E-state index is -0.146. The number of carbonyl (C=O) groups is 3. The third-order valence-electron chi connectivity index (χ3n) is 6.16. The number of piperidine rings is 1. The maximum Gasteiger partial charge on any atom is 0.225 e. The fourth-order valence-electron chi connectivity index (χ4n) is 4.07. The van der Waals surface area contributed by atoms with E-state index in [-0.39, 0.29) is 43.1 Å². The largest absolute Gasteiger partial charge is 0.380 e. The minimum Gasteiger partial charge on any atom is -0.380 e. The Hall–Kier alpha value is -2.36. The summed E-state index contributed by atoms with van der Waals surface area (Å²) in [6.07, 6.45) is 4.69. The Bertz CT molecular complexity index is 952. The zero-order chi connectivity index (χ0) is 25.9. The molecule has 1 aromatic carbocycles. The second kappa shape index (κ2) is 14.4. The summed E-state index contributed by atoms with van der Waals surface area (Å²) in [6.45, 7) is 5.28. The van der Waals surface area contributed by atoms with Gasteiger partial charge in [-0.25, -0.2) is 0 Å². The molecule has 9 nitrogen and oxygen atoms in total. The van der Waals surface area contributed by atoms with Crippen molar-refractivity contribution in [3.63, 3.8) is 0 Å². The van der Waals surface area contributed by atoms with E-state index < -0.39 is 0 Å². The highest BCUT2D eigenvalue weighted by Crippen LogP contribution is 2.29. The van der Waals surface area contributed by atoms with Crippen LogP contribution < -0.4 is 15.6 Å². The number of nitrogens with zero attached hydrogens (tertiary/aromatic N) is 3. The van der Waals surface area contributed by atoms with Gasteiger partial charge >= 0.3 is 0 Å². The van der Waals surface area contributed by atoms with E-state index in [1.165, 1.54) is 6.42 Å². The number of carbonyl (C=O) groups excluding carboxylic acids is 3. The van der Waals surface area contributed by atoms with Crippen LogP contribution in [0.15, 0.2) is 23.3 Å². The molecule has 2 heterocycles. The molecule has 2 aliphatic rings. The molecule has 11 heteroatoms. The summed E-state index contributed by atoms with van der Waals surface area (Å²) >= 11 is 12.1. The van der Waals surface area contributed by atoms with Crippen LogP contribution in [0.5, 0.6) is 0 Å². The van der Waals surface area contributed by atoms with E-state index in [1.807, 2.05) is 17.9 Å². The van der Waals surface area contributed by atoms with Crippen LogP contribution in [0.4, 0.5) is 5.69 Å². The number of ether oxygens (including phenoxy) is 1. The third kappa shape index (κ3) is 8.94. The molecule has 1 aromatic rings. The van der Waals surface area contributed by atoms with E-state index >= 15 is 0 Å². The first-order valence-electron chi connectivity index (χ1n) is 12.6. The lowest BCUT2D eigenvalue weighted by atomic mass is 10.1. The zero-order valence-electron chi connectivity index (χ0n) is 20.7. The van der Waals surface area contributed by atoms with Gasteiger partial charge in [-0.2, -0.15) is 5.10 Å². The quantitative estimate of drug-likeness (QED) is 0.418. The lowest BCUT2D eigenvalue weighted by Gasteiger charge is -2.26. The van der Waals surface area contributed by atoms with Crippen LogP contribution in [0.1, 0.15) is 51.9 Å². The molecule has 0 radical (unpaired) electrons. The molecule has 3 rings (SSSR count). The van der Waals surface area contributed by atoms with Crippen molar-refractivity contribution in [2.45, 2.75) is 51.9 Å². The fourth-order valence-corrected chi connectivity index (χ4v) is 4.36. The van der Waals surface area contributed by atoms with Crippen molar-refractivity contribution in [1.82, 2.24) is 15.5 Å². The van der Waals surface area contributed by atoms with E-state index in [1.54, 1.807) is 17.1 Å². The molecule has 1 atom stereocenters. The Kier molecular flexibility index (Phi) is 11.3. The van der Waals surface area contributed by atoms with E-state index in [0.717, 1.165) is 31.6 Å². The summed E-state index contributed by atoms with van der Waals surface area (Å²) in [4.78, 5) is 38.3. The SMILES string of the molecule is CC1CN(c2ccc(Cl)c(Cl)c2)N=C1NC(=O)CCCNC(=O)CCOCCC(=O)N1CCCCC1. The van der Waals surface area contributed by atoms with Gasteiger partial charge in [0.05, 0.1) is 41.9 Å². The number of anilines is 1. The molecule has 1 fully saturated rings. The van der Waals surface area contributed by atoms with Crippen molar-refractivity contribution in [2.75, 3.05) is 44.4 Å². The first-order chi connectivity index (χ1) is 17.3. The number of amidine groups is 1. The predicted molar refractivity (Wildman–Crippen MR) is 141 cm³/mol. The standard InChI is InChI=1S/C25H35Cl2N5O4/c1-18-17-32(19-7-8-20(26)21(27)16-19)30-25(18)29-23(34)6-5-11-28-22(33)9-14-36-15-10-24(35)31-12-3-2-4-13-31/h7-8,16,18H,2-6,9-15,17H2,1H3,(H,28,33)(H,29,30,34). The van der Waals surface area contributed by atoms with Gasteiger partial charge in [0.1, 0.15) is 5.84 Å². The van der Waals surface area contributed by atoms with Gasteiger partial charge in [0.2, 0.25) is 17.7 Å². The number of likely N-dealkylation sites (tertiary alicyclic amines) is 1. The van der Waals surface area contributed by atoms with Crippen LogP contribution >= 0.6 is 23.2 Å². The summed E-state index contributed by atoms with van der Waals surface area (Å²) in [5.74, 6) is 0.498. The Morgan fingerprint density at radius 2 is 1.78 bits per heavy atom. The summed E-state index contributed by atoms with van der Waals surface area (Å²) in [5, 5.41) is 12.9. The lowest BCUT2D eigenvalue weighted by Crippen LogP contribution is -2.36. The van der Waals surface area contributed by atoms with Gasteiger partial charge in [-0.1, -0.05) is 30.1 Å². The van der Waals surface area contributed by atoms with Crippen molar-refractivity contribution in [2.24, 2.45) is 11.0 Å². The molecule has 0 spiro atoms. The summed E-state index contributed by atoms with van der Waals surface area (Å²) < 4.78 is 5.44.